The van der Waals surface area contributed by atoms with E-state index in [2.05, 4.69) is 5.32 Å². The highest BCUT2D eigenvalue weighted by Crippen LogP contribution is 2.18. The van der Waals surface area contributed by atoms with Crippen molar-refractivity contribution in [3.8, 4) is 0 Å². The molecule has 13 heavy (non-hydrogen) atoms. The van der Waals surface area contributed by atoms with Crippen LogP contribution in [0.1, 0.15) is 26.2 Å². The number of halogens is 2. The fourth-order valence-electron chi connectivity index (χ4n) is 1.10. The third-order valence-electron chi connectivity index (χ3n) is 2.07. The van der Waals surface area contributed by atoms with Gasteiger partial charge in [-0.15, -0.1) is 0 Å². The maximum atomic E-state index is 12.7. The first-order chi connectivity index (χ1) is 6.03. The van der Waals surface area contributed by atoms with E-state index in [1.54, 1.807) is 0 Å². The molecule has 1 aliphatic carbocycles. The summed E-state index contributed by atoms with van der Waals surface area (Å²) in [5.41, 5.74) is 0.637. The first-order valence-corrected chi connectivity index (χ1v) is 4.38. The molecule has 0 aromatic rings. The average Bonchev–Trinajstić information content (AvgIpc) is 2.48. The van der Waals surface area contributed by atoms with E-state index in [1.807, 2.05) is 0 Å². The number of ketones is 1. The lowest BCUT2D eigenvalue weighted by Gasteiger charge is -2.15. The van der Waals surface area contributed by atoms with Gasteiger partial charge in [-0.2, -0.15) is 0 Å². The van der Waals surface area contributed by atoms with Gasteiger partial charge in [-0.25, -0.2) is 8.78 Å². The van der Waals surface area contributed by atoms with E-state index in [0.29, 0.717) is 18.5 Å². The molecular weight excluding hydrogens is 176 g/mol. The number of hydrogen-bond acceptors (Lipinski definition) is 2. The summed E-state index contributed by atoms with van der Waals surface area (Å²) in [6, 6.07) is 0. The van der Waals surface area contributed by atoms with Crippen molar-refractivity contribution in [1.29, 1.82) is 0 Å². The summed E-state index contributed by atoms with van der Waals surface area (Å²) < 4.78 is 25.5. The number of carbonyl (C=O) groups is 1. The lowest BCUT2D eigenvalue weighted by Crippen LogP contribution is -2.31. The van der Waals surface area contributed by atoms with Crippen molar-refractivity contribution in [2.75, 3.05) is 6.54 Å². The highest BCUT2D eigenvalue weighted by atomic mass is 19.3. The van der Waals surface area contributed by atoms with Crippen molar-refractivity contribution in [3.63, 3.8) is 0 Å². The second-order valence-corrected chi connectivity index (χ2v) is 3.20. The number of carbonyl (C=O) groups excluding carboxylic acids is 1. The van der Waals surface area contributed by atoms with Crippen LogP contribution < -0.4 is 5.32 Å². The maximum Gasteiger partial charge on any atom is 0.264 e. The van der Waals surface area contributed by atoms with Gasteiger partial charge in [-0.05, 0) is 6.42 Å². The van der Waals surface area contributed by atoms with Crippen molar-refractivity contribution < 1.29 is 13.6 Å². The van der Waals surface area contributed by atoms with E-state index >= 15 is 0 Å². The van der Waals surface area contributed by atoms with Crippen LogP contribution in [0.15, 0.2) is 11.8 Å². The predicted molar refractivity (Wildman–Crippen MR) is 45.6 cm³/mol. The zero-order valence-electron chi connectivity index (χ0n) is 7.57. The van der Waals surface area contributed by atoms with E-state index < -0.39 is 5.92 Å². The van der Waals surface area contributed by atoms with Crippen molar-refractivity contribution in [2.45, 2.75) is 32.1 Å². The third-order valence-corrected chi connectivity index (χ3v) is 2.07. The largest absolute Gasteiger partial charge is 0.382 e. The van der Waals surface area contributed by atoms with Gasteiger partial charge < -0.3 is 5.32 Å². The van der Waals surface area contributed by atoms with Crippen LogP contribution in [-0.4, -0.2) is 18.3 Å². The van der Waals surface area contributed by atoms with Gasteiger partial charge in [0.25, 0.3) is 5.92 Å². The van der Waals surface area contributed by atoms with E-state index in [0.717, 1.165) is 0 Å². The van der Waals surface area contributed by atoms with Crippen LogP contribution in [-0.2, 0) is 4.79 Å². The summed E-state index contributed by atoms with van der Waals surface area (Å²) in [5, 5.41) is 2.59. The predicted octanol–water partition coefficient (Wildman–Crippen LogP) is 1.87. The number of rotatable bonds is 4. The first kappa shape index (κ1) is 10.2. The fraction of sp³-hybridized carbons (Fsp3) is 0.667. The molecule has 0 saturated carbocycles. The van der Waals surface area contributed by atoms with Crippen molar-refractivity contribution in [1.82, 2.24) is 5.32 Å². The summed E-state index contributed by atoms with van der Waals surface area (Å²) in [5.74, 6) is -2.66. The maximum absolute atomic E-state index is 12.7. The Balaban J connectivity index is 2.35. The molecule has 1 N–H and O–H groups in total. The Morgan fingerprint density at radius 3 is 2.69 bits per heavy atom. The molecule has 74 valence electrons. The quantitative estimate of drug-likeness (QED) is 0.731. The van der Waals surface area contributed by atoms with Crippen molar-refractivity contribution in [3.05, 3.63) is 11.8 Å². The molecule has 0 atom stereocenters. The molecule has 0 unspecified atom stereocenters. The van der Waals surface area contributed by atoms with Crippen molar-refractivity contribution in [2.24, 2.45) is 0 Å². The lowest BCUT2D eigenvalue weighted by molar-refractivity contribution is -0.114. The van der Waals surface area contributed by atoms with Gasteiger partial charge in [0, 0.05) is 24.6 Å². The summed E-state index contributed by atoms with van der Waals surface area (Å²) in [6.07, 6.45) is 2.24. The lowest BCUT2D eigenvalue weighted by atomic mass is 10.2. The fourth-order valence-corrected chi connectivity index (χ4v) is 1.10. The second kappa shape index (κ2) is 3.85. The van der Waals surface area contributed by atoms with Crippen LogP contribution in [0, 0.1) is 0 Å². The summed E-state index contributed by atoms with van der Waals surface area (Å²) in [6.45, 7) is 1.07. The molecule has 0 fully saturated rings. The molecule has 0 aromatic heterocycles. The molecule has 0 aromatic carbocycles. The Labute approximate surface area is 76.0 Å². The summed E-state index contributed by atoms with van der Waals surface area (Å²) >= 11 is 0. The zero-order chi connectivity index (χ0) is 9.90. The highest BCUT2D eigenvalue weighted by Gasteiger charge is 2.26. The molecule has 0 heterocycles. The number of alkyl halides is 2. The van der Waals surface area contributed by atoms with Crippen LogP contribution in [0.2, 0.25) is 0 Å². The standard InChI is InChI=1S/C9H13F2NO/c1-2-9(10,11)6-12-7-3-4-8(13)5-7/h5,12H,2-4,6H2,1H3. The number of hydrogen-bond donors (Lipinski definition) is 1. The normalized spacial score (nSPS) is 17.5. The Kier molecular flexibility index (Phi) is 3.01. The molecule has 0 radical (unpaired) electrons. The van der Waals surface area contributed by atoms with Gasteiger partial charge in [-0.1, -0.05) is 6.92 Å². The molecule has 1 aliphatic rings. The molecule has 2 nitrogen and oxygen atoms in total. The molecule has 4 heteroatoms. The van der Waals surface area contributed by atoms with Crippen molar-refractivity contribution >= 4 is 5.78 Å². The molecule has 0 amide bonds. The Morgan fingerprint density at radius 2 is 2.23 bits per heavy atom. The minimum atomic E-state index is -2.67. The van der Waals surface area contributed by atoms with Gasteiger partial charge in [0.15, 0.2) is 5.78 Å². The molecule has 1 rings (SSSR count). The zero-order valence-corrected chi connectivity index (χ0v) is 7.57. The Hall–Kier alpha value is -0.930. The van der Waals surface area contributed by atoms with Gasteiger partial charge in [-0.3, -0.25) is 4.79 Å². The summed E-state index contributed by atoms with van der Waals surface area (Å²) in [4.78, 5) is 10.7. The monoisotopic (exact) mass is 189 g/mol. The molecule has 0 saturated heterocycles. The summed E-state index contributed by atoms with van der Waals surface area (Å²) in [7, 11) is 0. The smallest absolute Gasteiger partial charge is 0.264 e. The minimum absolute atomic E-state index is 0.0160. The van der Waals surface area contributed by atoms with Gasteiger partial charge in [0.1, 0.15) is 0 Å². The van der Waals surface area contributed by atoms with Crippen LogP contribution in [0.5, 0.6) is 0 Å². The van der Waals surface area contributed by atoms with Gasteiger partial charge in [0.05, 0.1) is 6.54 Å². The molecule has 0 spiro atoms. The van der Waals surface area contributed by atoms with E-state index in [4.69, 9.17) is 0 Å². The van der Waals surface area contributed by atoms with E-state index in [9.17, 15) is 13.6 Å². The Morgan fingerprint density at radius 1 is 1.54 bits per heavy atom. The SMILES string of the molecule is CCC(F)(F)CNC1=CC(=O)CC1. The third kappa shape index (κ3) is 3.13. The minimum Gasteiger partial charge on any atom is -0.382 e. The Bertz CT molecular complexity index is 236. The molecule has 0 aliphatic heterocycles. The van der Waals surface area contributed by atoms with Gasteiger partial charge >= 0.3 is 0 Å². The van der Waals surface area contributed by atoms with Gasteiger partial charge in [0.2, 0.25) is 0 Å². The van der Waals surface area contributed by atoms with E-state index in [-0.39, 0.29) is 18.7 Å². The van der Waals surface area contributed by atoms with Crippen LogP contribution in [0.4, 0.5) is 8.78 Å². The number of allylic oxidation sites excluding steroid dienone is 2. The molecular formula is C9H13F2NO. The molecule has 0 bridgehead atoms. The first-order valence-electron chi connectivity index (χ1n) is 4.38. The highest BCUT2D eigenvalue weighted by molar-refractivity contribution is 5.92. The average molecular weight is 189 g/mol. The van der Waals surface area contributed by atoms with E-state index in [1.165, 1.54) is 13.0 Å². The number of nitrogens with one attached hydrogen (secondary N) is 1. The van der Waals surface area contributed by atoms with Crippen LogP contribution >= 0.6 is 0 Å². The second-order valence-electron chi connectivity index (χ2n) is 3.20. The van der Waals surface area contributed by atoms with Crippen LogP contribution in [0.3, 0.4) is 0 Å². The topological polar surface area (TPSA) is 29.1 Å². The van der Waals surface area contributed by atoms with Crippen LogP contribution in [0.25, 0.3) is 0 Å².